The van der Waals surface area contributed by atoms with Crippen LogP contribution in [0, 0.1) is 0 Å². The van der Waals surface area contributed by atoms with Crippen LogP contribution >= 0.6 is 0 Å². The number of carbonyl (C=O) groups is 3. The fourth-order valence-electron chi connectivity index (χ4n) is 3.61. The van der Waals surface area contributed by atoms with Crippen molar-refractivity contribution < 1.29 is 22.8 Å². The zero-order valence-electron chi connectivity index (χ0n) is 17.1. The summed E-state index contributed by atoms with van der Waals surface area (Å²) in [5.41, 5.74) is 1.09. The van der Waals surface area contributed by atoms with Crippen molar-refractivity contribution in [2.75, 3.05) is 29.9 Å². The van der Waals surface area contributed by atoms with Gasteiger partial charge < -0.3 is 10.2 Å². The van der Waals surface area contributed by atoms with E-state index in [1.54, 1.807) is 29.2 Å². The number of hydrogen-bond donors (Lipinski definition) is 1. The Labute approximate surface area is 176 Å². The molecular formula is C20H26N4O5S. The molecule has 0 aromatic heterocycles. The Balaban J connectivity index is 1.74. The van der Waals surface area contributed by atoms with Crippen LogP contribution in [0.2, 0.25) is 0 Å². The summed E-state index contributed by atoms with van der Waals surface area (Å²) in [5.74, 6) is -0.981. The molecule has 2 aliphatic rings. The van der Waals surface area contributed by atoms with Gasteiger partial charge in [0.25, 0.3) is 11.8 Å². The minimum absolute atomic E-state index is 0.0197. The van der Waals surface area contributed by atoms with Crippen LogP contribution < -0.4 is 5.32 Å². The minimum atomic E-state index is -3.18. The molecule has 3 amide bonds. The van der Waals surface area contributed by atoms with Gasteiger partial charge in [0, 0.05) is 37.2 Å². The Morgan fingerprint density at radius 1 is 1.23 bits per heavy atom. The normalized spacial score (nSPS) is 20.6. The molecule has 1 aromatic rings. The first-order valence-electron chi connectivity index (χ1n) is 10.0. The van der Waals surface area contributed by atoms with E-state index < -0.39 is 21.8 Å². The van der Waals surface area contributed by atoms with E-state index in [-0.39, 0.29) is 41.9 Å². The average Bonchev–Trinajstić information content (AvgIpc) is 3.08. The first kappa shape index (κ1) is 21.9. The molecule has 1 N–H and O–H groups in total. The van der Waals surface area contributed by atoms with E-state index in [0.717, 1.165) is 5.01 Å². The molecule has 1 aromatic carbocycles. The quantitative estimate of drug-likeness (QED) is 0.724. The first-order chi connectivity index (χ1) is 14.2. The van der Waals surface area contributed by atoms with Gasteiger partial charge in [-0.15, -0.1) is 0 Å². The summed E-state index contributed by atoms with van der Waals surface area (Å²) in [4.78, 5) is 39.1. The van der Waals surface area contributed by atoms with Gasteiger partial charge in [0.05, 0.1) is 17.5 Å². The topological polar surface area (TPSA) is 116 Å². The molecule has 10 heteroatoms. The summed E-state index contributed by atoms with van der Waals surface area (Å²) in [6.07, 6.45) is 0.601. The third-order valence-corrected chi connectivity index (χ3v) is 7.04. The van der Waals surface area contributed by atoms with Gasteiger partial charge in [0.2, 0.25) is 5.91 Å². The summed E-state index contributed by atoms with van der Waals surface area (Å²) in [6.45, 7) is 4.97. The smallest absolute Gasteiger partial charge is 0.271 e. The number of hydrazone groups is 1. The van der Waals surface area contributed by atoms with Crippen molar-refractivity contribution in [3.05, 3.63) is 29.8 Å². The van der Waals surface area contributed by atoms with E-state index in [1.807, 2.05) is 13.8 Å². The number of anilines is 1. The highest BCUT2D eigenvalue weighted by molar-refractivity contribution is 7.91. The van der Waals surface area contributed by atoms with Crippen molar-refractivity contribution in [2.24, 2.45) is 5.10 Å². The summed E-state index contributed by atoms with van der Waals surface area (Å²) in [5, 5.41) is 8.05. The Kier molecular flexibility index (Phi) is 6.55. The lowest BCUT2D eigenvalue weighted by molar-refractivity contribution is -0.133. The van der Waals surface area contributed by atoms with Crippen molar-refractivity contribution in [3.63, 3.8) is 0 Å². The Morgan fingerprint density at radius 3 is 2.60 bits per heavy atom. The van der Waals surface area contributed by atoms with E-state index in [0.29, 0.717) is 30.8 Å². The lowest BCUT2D eigenvalue weighted by Crippen LogP contribution is -2.42. The van der Waals surface area contributed by atoms with Crippen LogP contribution in [0.25, 0.3) is 0 Å². The van der Waals surface area contributed by atoms with Crippen LogP contribution in [0.15, 0.2) is 29.4 Å². The fourth-order valence-corrected chi connectivity index (χ4v) is 5.31. The SMILES string of the molecule is CCN(CC)C(=O)c1cccc(NC(=O)C2=NN([C@@H]3CCS(=O)(=O)C3)C(=O)CC2)c1. The predicted octanol–water partition coefficient (Wildman–Crippen LogP) is 1.27. The molecule has 1 atom stereocenters. The van der Waals surface area contributed by atoms with Crippen LogP contribution in [0.1, 0.15) is 43.5 Å². The average molecular weight is 435 g/mol. The van der Waals surface area contributed by atoms with Gasteiger partial charge in [-0.05, 0) is 38.5 Å². The summed E-state index contributed by atoms with van der Waals surface area (Å²) in [7, 11) is -3.18. The molecule has 30 heavy (non-hydrogen) atoms. The number of amides is 3. The van der Waals surface area contributed by atoms with Crippen molar-refractivity contribution in [2.45, 2.75) is 39.2 Å². The van der Waals surface area contributed by atoms with Gasteiger partial charge in [-0.1, -0.05) is 6.07 Å². The van der Waals surface area contributed by atoms with Crippen LogP contribution in [0.4, 0.5) is 5.69 Å². The highest BCUT2D eigenvalue weighted by Crippen LogP contribution is 2.22. The lowest BCUT2D eigenvalue weighted by Gasteiger charge is -2.27. The molecule has 0 radical (unpaired) electrons. The van der Waals surface area contributed by atoms with Gasteiger partial charge in [-0.2, -0.15) is 5.10 Å². The molecule has 1 fully saturated rings. The Hall–Kier alpha value is -2.75. The fraction of sp³-hybridized carbons (Fsp3) is 0.500. The van der Waals surface area contributed by atoms with E-state index in [9.17, 15) is 22.8 Å². The third-order valence-electron chi connectivity index (χ3n) is 5.29. The standard InChI is InChI=1S/C20H26N4O5S/c1-3-23(4-2)20(27)14-6-5-7-15(12-14)21-19(26)17-8-9-18(25)24(22-17)16-10-11-30(28,29)13-16/h5-7,12,16H,3-4,8-11,13H2,1-2H3,(H,21,26)/t16-/m1/s1. The molecule has 9 nitrogen and oxygen atoms in total. The molecule has 0 spiro atoms. The molecule has 2 aliphatic heterocycles. The largest absolute Gasteiger partial charge is 0.339 e. The number of hydrogen-bond acceptors (Lipinski definition) is 6. The highest BCUT2D eigenvalue weighted by Gasteiger charge is 2.37. The monoisotopic (exact) mass is 434 g/mol. The van der Waals surface area contributed by atoms with Crippen LogP contribution in [0.5, 0.6) is 0 Å². The van der Waals surface area contributed by atoms with Crippen LogP contribution in [-0.4, -0.2) is 72.4 Å². The molecule has 3 rings (SSSR count). The van der Waals surface area contributed by atoms with Crippen molar-refractivity contribution >= 4 is 39.0 Å². The second-order valence-corrected chi connectivity index (χ2v) is 9.58. The molecule has 0 unspecified atom stereocenters. The van der Waals surface area contributed by atoms with E-state index in [2.05, 4.69) is 10.4 Å². The maximum atomic E-state index is 12.7. The summed E-state index contributed by atoms with van der Waals surface area (Å²) in [6, 6.07) is 6.13. The number of carbonyl (C=O) groups excluding carboxylic acids is 3. The van der Waals surface area contributed by atoms with Gasteiger partial charge in [0.15, 0.2) is 9.84 Å². The molecular weight excluding hydrogens is 408 g/mol. The molecule has 0 saturated carbocycles. The van der Waals surface area contributed by atoms with Crippen LogP contribution in [-0.2, 0) is 19.4 Å². The number of sulfone groups is 1. The van der Waals surface area contributed by atoms with Crippen molar-refractivity contribution in [1.29, 1.82) is 0 Å². The second kappa shape index (κ2) is 8.95. The molecule has 162 valence electrons. The Morgan fingerprint density at radius 2 is 1.97 bits per heavy atom. The maximum absolute atomic E-state index is 12.7. The van der Waals surface area contributed by atoms with E-state index in [1.165, 1.54) is 0 Å². The number of benzene rings is 1. The van der Waals surface area contributed by atoms with Gasteiger partial charge in [-0.3, -0.25) is 14.4 Å². The first-order valence-corrected chi connectivity index (χ1v) is 11.9. The van der Waals surface area contributed by atoms with Gasteiger partial charge in [0.1, 0.15) is 5.71 Å². The summed E-state index contributed by atoms with van der Waals surface area (Å²) >= 11 is 0. The number of nitrogens with one attached hydrogen (secondary N) is 1. The zero-order chi connectivity index (χ0) is 21.9. The van der Waals surface area contributed by atoms with Crippen molar-refractivity contribution in [1.82, 2.24) is 9.91 Å². The molecule has 2 heterocycles. The van der Waals surface area contributed by atoms with Crippen LogP contribution in [0.3, 0.4) is 0 Å². The third kappa shape index (κ3) is 4.86. The molecule has 0 aliphatic carbocycles. The lowest BCUT2D eigenvalue weighted by atomic mass is 10.1. The van der Waals surface area contributed by atoms with E-state index >= 15 is 0 Å². The highest BCUT2D eigenvalue weighted by atomic mass is 32.2. The van der Waals surface area contributed by atoms with Gasteiger partial charge in [-0.25, -0.2) is 13.4 Å². The molecule has 0 bridgehead atoms. The second-order valence-electron chi connectivity index (χ2n) is 7.35. The molecule has 1 saturated heterocycles. The minimum Gasteiger partial charge on any atom is -0.339 e. The summed E-state index contributed by atoms with van der Waals surface area (Å²) < 4.78 is 23.5. The van der Waals surface area contributed by atoms with Gasteiger partial charge >= 0.3 is 0 Å². The number of nitrogens with zero attached hydrogens (tertiary/aromatic N) is 3. The van der Waals surface area contributed by atoms with Crippen molar-refractivity contribution in [3.8, 4) is 0 Å². The van der Waals surface area contributed by atoms with E-state index in [4.69, 9.17) is 0 Å². The predicted molar refractivity (Wildman–Crippen MR) is 113 cm³/mol. The Bertz CT molecular complexity index is 985. The zero-order valence-corrected chi connectivity index (χ0v) is 17.9. The maximum Gasteiger partial charge on any atom is 0.271 e. The number of rotatable bonds is 6.